The van der Waals surface area contributed by atoms with Crippen molar-refractivity contribution < 1.29 is 9.47 Å². The van der Waals surface area contributed by atoms with Crippen molar-refractivity contribution in [1.82, 2.24) is 4.98 Å². The van der Waals surface area contributed by atoms with Crippen molar-refractivity contribution in [2.45, 2.75) is 6.54 Å². The van der Waals surface area contributed by atoms with Crippen LogP contribution in [0.1, 0.15) is 5.56 Å². The number of fused-ring (bicyclic) bond motifs is 2. The molecule has 0 fully saturated rings. The molecule has 0 saturated carbocycles. The molecule has 0 atom stereocenters. The minimum absolute atomic E-state index is 0.302. The SMILES string of the molecule is c1cc(NCc2ccc3c(c2)OCO3)cc(-c2nc3ccccc3s2)c1. The van der Waals surface area contributed by atoms with Crippen molar-refractivity contribution in [1.29, 1.82) is 0 Å². The molecule has 0 bridgehead atoms. The zero-order valence-corrected chi connectivity index (χ0v) is 14.8. The average Bonchev–Trinajstić information content (AvgIpc) is 3.32. The summed E-state index contributed by atoms with van der Waals surface area (Å²) in [5.41, 5.74) is 4.40. The standard InChI is InChI=1S/C21H16N2O2S/c1-2-7-20-17(6-1)23-21(26-20)15-4-3-5-16(11-15)22-12-14-8-9-18-19(10-14)25-13-24-18/h1-11,22H,12-13H2. The van der Waals surface area contributed by atoms with E-state index in [9.17, 15) is 0 Å². The zero-order valence-electron chi connectivity index (χ0n) is 13.9. The van der Waals surface area contributed by atoms with Gasteiger partial charge in [-0.1, -0.05) is 30.3 Å². The zero-order chi connectivity index (χ0) is 17.3. The van der Waals surface area contributed by atoms with E-state index in [1.807, 2.05) is 24.3 Å². The maximum absolute atomic E-state index is 5.44. The quantitative estimate of drug-likeness (QED) is 0.536. The Morgan fingerprint density at radius 3 is 2.81 bits per heavy atom. The van der Waals surface area contributed by atoms with Gasteiger partial charge in [0.1, 0.15) is 5.01 Å². The number of hydrogen-bond acceptors (Lipinski definition) is 5. The van der Waals surface area contributed by atoms with E-state index < -0.39 is 0 Å². The number of para-hydroxylation sites is 1. The lowest BCUT2D eigenvalue weighted by Gasteiger charge is -2.08. The largest absolute Gasteiger partial charge is 0.454 e. The highest BCUT2D eigenvalue weighted by Crippen LogP contribution is 2.33. The lowest BCUT2D eigenvalue weighted by atomic mass is 10.1. The second-order valence-corrected chi connectivity index (χ2v) is 7.14. The maximum Gasteiger partial charge on any atom is 0.231 e. The van der Waals surface area contributed by atoms with Gasteiger partial charge < -0.3 is 14.8 Å². The molecule has 0 amide bonds. The van der Waals surface area contributed by atoms with E-state index in [4.69, 9.17) is 14.5 Å². The van der Waals surface area contributed by atoms with Gasteiger partial charge in [-0.3, -0.25) is 0 Å². The third-order valence-corrected chi connectivity index (χ3v) is 5.42. The van der Waals surface area contributed by atoms with E-state index in [2.05, 4.69) is 47.8 Å². The van der Waals surface area contributed by atoms with Crippen LogP contribution in [-0.2, 0) is 6.54 Å². The number of nitrogens with one attached hydrogen (secondary N) is 1. The predicted molar refractivity (Wildman–Crippen MR) is 105 cm³/mol. The van der Waals surface area contributed by atoms with Crippen LogP contribution in [0.3, 0.4) is 0 Å². The summed E-state index contributed by atoms with van der Waals surface area (Å²) < 4.78 is 12.0. The maximum atomic E-state index is 5.44. The fraction of sp³-hybridized carbons (Fsp3) is 0.0952. The number of ether oxygens (including phenoxy) is 2. The van der Waals surface area contributed by atoms with Gasteiger partial charge in [-0.15, -0.1) is 11.3 Å². The van der Waals surface area contributed by atoms with Gasteiger partial charge in [-0.2, -0.15) is 0 Å². The monoisotopic (exact) mass is 360 g/mol. The van der Waals surface area contributed by atoms with Crippen molar-refractivity contribution >= 4 is 27.2 Å². The average molecular weight is 360 g/mol. The van der Waals surface area contributed by atoms with Crippen LogP contribution in [0.2, 0.25) is 0 Å². The Morgan fingerprint density at radius 2 is 1.85 bits per heavy atom. The fourth-order valence-electron chi connectivity index (χ4n) is 3.01. The normalized spacial score (nSPS) is 12.5. The molecule has 1 N–H and O–H groups in total. The molecule has 4 nitrogen and oxygen atoms in total. The third kappa shape index (κ3) is 2.86. The van der Waals surface area contributed by atoms with Gasteiger partial charge in [0.05, 0.1) is 10.2 Å². The molecule has 1 aliphatic rings. The van der Waals surface area contributed by atoms with Crippen LogP contribution in [0.5, 0.6) is 11.5 Å². The molecule has 0 unspecified atom stereocenters. The Labute approximate surface area is 155 Å². The van der Waals surface area contributed by atoms with Crippen LogP contribution in [0.15, 0.2) is 66.7 Å². The highest BCUT2D eigenvalue weighted by atomic mass is 32.1. The van der Waals surface area contributed by atoms with Crippen molar-refractivity contribution in [3.8, 4) is 22.1 Å². The number of nitrogens with zero attached hydrogens (tertiary/aromatic N) is 1. The summed E-state index contributed by atoms with van der Waals surface area (Å²) in [6.45, 7) is 1.02. The minimum atomic E-state index is 0.302. The summed E-state index contributed by atoms with van der Waals surface area (Å²) in [4.78, 5) is 4.74. The van der Waals surface area contributed by atoms with Crippen molar-refractivity contribution in [2.75, 3.05) is 12.1 Å². The van der Waals surface area contributed by atoms with Crippen LogP contribution in [0.4, 0.5) is 5.69 Å². The molecule has 128 valence electrons. The van der Waals surface area contributed by atoms with E-state index >= 15 is 0 Å². The Kier molecular flexibility index (Phi) is 3.72. The van der Waals surface area contributed by atoms with Crippen molar-refractivity contribution in [3.63, 3.8) is 0 Å². The Hall–Kier alpha value is -3.05. The van der Waals surface area contributed by atoms with Gasteiger partial charge >= 0.3 is 0 Å². The summed E-state index contributed by atoms with van der Waals surface area (Å²) in [7, 11) is 0. The van der Waals surface area contributed by atoms with Gasteiger partial charge in [-0.25, -0.2) is 4.98 Å². The first kappa shape index (κ1) is 15.2. The third-order valence-electron chi connectivity index (χ3n) is 4.34. The van der Waals surface area contributed by atoms with E-state index in [1.54, 1.807) is 11.3 Å². The molecule has 5 heteroatoms. The molecular weight excluding hydrogens is 344 g/mol. The number of rotatable bonds is 4. The number of benzene rings is 3. The molecular formula is C21H16N2O2S. The molecule has 0 spiro atoms. The summed E-state index contributed by atoms with van der Waals surface area (Å²) in [6, 6.07) is 22.6. The number of hydrogen-bond donors (Lipinski definition) is 1. The van der Waals surface area contributed by atoms with Gasteiger partial charge in [-0.05, 0) is 42.0 Å². The predicted octanol–water partition coefficient (Wildman–Crippen LogP) is 5.30. The van der Waals surface area contributed by atoms with E-state index in [0.717, 1.165) is 45.4 Å². The summed E-state index contributed by atoms with van der Waals surface area (Å²) in [5, 5.41) is 4.52. The van der Waals surface area contributed by atoms with Gasteiger partial charge in [0.15, 0.2) is 11.5 Å². The number of aromatic nitrogens is 1. The van der Waals surface area contributed by atoms with Crippen LogP contribution in [0.25, 0.3) is 20.8 Å². The Balaban J connectivity index is 1.36. The lowest BCUT2D eigenvalue weighted by molar-refractivity contribution is 0.174. The summed E-state index contributed by atoms with van der Waals surface area (Å²) in [5.74, 6) is 1.62. The summed E-state index contributed by atoms with van der Waals surface area (Å²) >= 11 is 1.72. The molecule has 1 aromatic heterocycles. The molecule has 1 aliphatic heterocycles. The lowest BCUT2D eigenvalue weighted by Crippen LogP contribution is -1.99. The first-order chi connectivity index (χ1) is 12.8. The fourth-order valence-corrected chi connectivity index (χ4v) is 3.97. The molecule has 2 heterocycles. The molecule has 4 aromatic rings. The highest BCUT2D eigenvalue weighted by Gasteiger charge is 2.13. The Bertz CT molecular complexity index is 1060. The highest BCUT2D eigenvalue weighted by molar-refractivity contribution is 7.21. The van der Waals surface area contributed by atoms with Crippen molar-refractivity contribution in [2.24, 2.45) is 0 Å². The molecule has 0 aliphatic carbocycles. The second kappa shape index (κ2) is 6.35. The molecule has 0 saturated heterocycles. The van der Waals surface area contributed by atoms with Crippen LogP contribution in [0, 0.1) is 0 Å². The molecule has 5 rings (SSSR count). The van der Waals surface area contributed by atoms with E-state index in [1.165, 1.54) is 4.70 Å². The number of thiazole rings is 1. The van der Waals surface area contributed by atoms with Crippen molar-refractivity contribution in [3.05, 3.63) is 72.3 Å². The van der Waals surface area contributed by atoms with Crippen LogP contribution in [-0.4, -0.2) is 11.8 Å². The minimum Gasteiger partial charge on any atom is -0.454 e. The van der Waals surface area contributed by atoms with Gasteiger partial charge in [0, 0.05) is 17.8 Å². The molecule has 0 radical (unpaired) electrons. The van der Waals surface area contributed by atoms with Crippen LogP contribution >= 0.6 is 11.3 Å². The summed E-state index contributed by atoms with van der Waals surface area (Å²) in [6.07, 6.45) is 0. The Morgan fingerprint density at radius 1 is 0.923 bits per heavy atom. The van der Waals surface area contributed by atoms with Crippen LogP contribution < -0.4 is 14.8 Å². The smallest absolute Gasteiger partial charge is 0.231 e. The number of anilines is 1. The van der Waals surface area contributed by atoms with Gasteiger partial charge in [0.2, 0.25) is 6.79 Å². The first-order valence-corrected chi connectivity index (χ1v) is 9.25. The van der Waals surface area contributed by atoms with E-state index in [0.29, 0.717) is 6.79 Å². The first-order valence-electron chi connectivity index (χ1n) is 8.43. The molecule has 3 aromatic carbocycles. The van der Waals surface area contributed by atoms with E-state index in [-0.39, 0.29) is 0 Å². The molecule has 26 heavy (non-hydrogen) atoms. The second-order valence-electron chi connectivity index (χ2n) is 6.11. The van der Waals surface area contributed by atoms with Gasteiger partial charge in [0.25, 0.3) is 0 Å². The topological polar surface area (TPSA) is 43.4 Å².